The van der Waals surface area contributed by atoms with Gasteiger partial charge in [0.2, 0.25) is 0 Å². The van der Waals surface area contributed by atoms with Gasteiger partial charge in [0.05, 0.1) is 18.0 Å². The molecule has 1 aromatic heterocycles. The summed E-state index contributed by atoms with van der Waals surface area (Å²) in [7, 11) is 0. The molecule has 0 bridgehead atoms. The lowest BCUT2D eigenvalue weighted by Gasteiger charge is -2.32. The molecule has 1 N–H and O–H groups in total. The lowest BCUT2D eigenvalue weighted by molar-refractivity contribution is 0.309. The molecule has 1 aliphatic rings. The number of nitrogens with zero attached hydrogens (tertiary/aromatic N) is 2. The second-order valence-electron chi connectivity index (χ2n) is 5.24. The van der Waals surface area contributed by atoms with Crippen molar-refractivity contribution < 1.29 is 0 Å². The van der Waals surface area contributed by atoms with Gasteiger partial charge in [-0.25, -0.2) is 4.98 Å². The monoisotopic (exact) mass is 251 g/mol. The zero-order valence-corrected chi connectivity index (χ0v) is 11.1. The van der Waals surface area contributed by atoms with Gasteiger partial charge in [0.15, 0.2) is 0 Å². The summed E-state index contributed by atoms with van der Waals surface area (Å²) in [5, 5.41) is 9.33. The van der Waals surface area contributed by atoms with Crippen LogP contribution in [0.2, 0.25) is 0 Å². The fourth-order valence-electron chi connectivity index (χ4n) is 2.56. The second-order valence-corrected chi connectivity index (χ2v) is 5.24. The fraction of sp³-hybridized carbons (Fsp3) is 0.375. The van der Waals surface area contributed by atoms with Crippen LogP contribution in [0.5, 0.6) is 0 Å². The van der Waals surface area contributed by atoms with Crippen molar-refractivity contribution in [2.24, 2.45) is 0 Å². The molecule has 1 heterocycles. The Bertz CT molecular complexity index is 612. The summed E-state index contributed by atoms with van der Waals surface area (Å²) >= 11 is 0. The Kier molecular flexibility index (Phi) is 2.87. The maximum absolute atomic E-state index is 9.33. The lowest BCUT2D eigenvalue weighted by Crippen LogP contribution is -2.33. The number of benzene rings is 1. The van der Waals surface area contributed by atoms with Gasteiger partial charge in [-0.3, -0.25) is 0 Å². The maximum Gasteiger partial charge on any atom is 0.127 e. The van der Waals surface area contributed by atoms with Gasteiger partial charge in [-0.05, 0) is 36.8 Å². The van der Waals surface area contributed by atoms with E-state index in [0.717, 1.165) is 42.8 Å². The molecule has 1 saturated carbocycles. The van der Waals surface area contributed by atoms with Crippen molar-refractivity contribution >= 4 is 0 Å². The minimum absolute atomic E-state index is 0.360. The van der Waals surface area contributed by atoms with Crippen molar-refractivity contribution in [1.82, 2.24) is 9.97 Å². The van der Waals surface area contributed by atoms with Crippen molar-refractivity contribution in [2.75, 3.05) is 0 Å². The number of nitrogens with one attached hydrogen (secondary N) is 1. The van der Waals surface area contributed by atoms with E-state index in [1.54, 1.807) is 0 Å². The normalized spacial score (nSPS) is 16.6. The SMILES string of the molecule is CCc1ccc(-c2cnc(C3(C#N)CCC3)[nH]2)cc1. The van der Waals surface area contributed by atoms with E-state index in [2.05, 4.69) is 47.2 Å². The number of imidazole rings is 1. The van der Waals surface area contributed by atoms with Gasteiger partial charge >= 0.3 is 0 Å². The Morgan fingerprint density at radius 1 is 1.32 bits per heavy atom. The summed E-state index contributed by atoms with van der Waals surface area (Å²) in [5.74, 6) is 0.829. The van der Waals surface area contributed by atoms with Crippen LogP contribution < -0.4 is 0 Å². The maximum atomic E-state index is 9.33. The van der Waals surface area contributed by atoms with E-state index in [0.29, 0.717) is 0 Å². The number of aryl methyl sites for hydroxylation is 1. The first-order valence-corrected chi connectivity index (χ1v) is 6.83. The predicted octanol–water partition coefficient (Wildman–Crippen LogP) is 3.58. The van der Waals surface area contributed by atoms with Crippen LogP contribution in [0, 0.1) is 11.3 Å². The van der Waals surface area contributed by atoms with E-state index in [1.165, 1.54) is 5.56 Å². The number of H-pyrrole nitrogens is 1. The van der Waals surface area contributed by atoms with Crippen LogP contribution in [-0.4, -0.2) is 9.97 Å². The zero-order valence-electron chi connectivity index (χ0n) is 11.1. The smallest absolute Gasteiger partial charge is 0.127 e. The molecule has 0 aliphatic heterocycles. The van der Waals surface area contributed by atoms with Gasteiger partial charge in [0.1, 0.15) is 11.2 Å². The Morgan fingerprint density at radius 2 is 2.05 bits per heavy atom. The average molecular weight is 251 g/mol. The Balaban J connectivity index is 1.90. The quantitative estimate of drug-likeness (QED) is 0.906. The van der Waals surface area contributed by atoms with Gasteiger partial charge in [0.25, 0.3) is 0 Å². The first-order chi connectivity index (χ1) is 9.27. The number of nitriles is 1. The van der Waals surface area contributed by atoms with Crippen LogP contribution in [0.1, 0.15) is 37.6 Å². The Labute approximate surface area is 113 Å². The summed E-state index contributed by atoms with van der Waals surface area (Å²) in [6.45, 7) is 2.15. The minimum atomic E-state index is -0.360. The van der Waals surface area contributed by atoms with Crippen molar-refractivity contribution in [2.45, 2.75) is 38.0 Å². The van der Waals surface area contributed by atoms with Crippen LogP contribution in [0.25, 0.3) is 11.3 Å². The first kappa shape index (κ1) is 12.0. The van der Waals surface area contributed by atoms with Gasteiger partial charge in [-0.15, -0.1) is 0 Å². The van der Waals surface area contributed by atoms with Crippen LogP contribution in [0.15, 0.2) is 30.5 Å². The zero-order chi connectivity index (χ0) is 13.3. The molecule has 1 aliphatic carbocycles. The largest absolute Gasteiger partial charge is 0.341 e. The lowest BCUT2D eigenvalue weighted by atomic mass is 9.69. The molecule has 19 heavy (non-hydrogen) atoms. The van der Waals surface area contributed by atoms with Crippen LogP contribution in [0.3, 0.4) is 0 Å². The summed E-state index contributed by atoms with van der Waals surface area (Å²) < 4.78 is 0. The molecule has 0 saturated heterocycles. The molecular formula is C16H17N3. The third kappa shape index (κ3) is 1.94. The van der Waals surface area contributed by atoms with Gasteiger partial charge < -0.3 is 4.98 Å². The summed E-state index contributed by atoms with van der Waals surface area (Å²) in [6, 6.07) is 10.9. The van der Waals surface area contributed by atoms with E-state index in [9.17, 15) is 5.26 Å². The van der Waals surface area contributed by atoms with E-state index in [1.807, 2.05) is 6.20 Å². The molecule has 3 nitrogen and oxygen atoms in total. The highest BCUT2D eigenvalue weighted by molar-refractivity contribution is 5.59. The first-order valence-electron chi connectivity index (χ1n) is 6.83. The number of aromatic nitrogens is 2. The van der Waals surface area contributed by atoms with Crippen molar-refractivity contribution in [3.05, 3.63) is 41.9 Å². The topological polar surface area (TPSA) is 52.5 Å². The number of hydrogen-bond acceptors (Lipinski definition) is 2. The number of rotatable bonds is 3. The summed E-state index contributed by atoms with van der Waals surface area (Å²) in [6.07, 6.45) is 5.85. The summed E-state index contributed by atoms with van der Waals surface area (Å²) in [5.41, 5.74) is 3.10. The molecule has 3 heteroatoms. The third-order valence-electron chi connectivity index (χ3n) is 4.12. The van der Waals surface area contributed by atoms with Crippen LogP contribution in [-0.2, 0) is 11.8 Å². The highest BCUT2D eigenvalue weighted by Gasteiger charge is 2.41. The molecule has 1 fully saturated rings. The summed E-state index contributed by atoms with van der Waals surface area (Å²) in [4.78, 5) is 7.75. The van der Waals surface area contributed by atoms with Crippen molar-refractivity contribution in [3.8, 4) is 17.3 Å². The fourth-order valence-corrected chi connectivity index (χ4v) is 2.56. The Morgan fingerprint density at radius 3 is 2.58 bits per heavy atom. The van der Waals surface area contributed by atoms with E-state index < -0.39 is 0 Å². The molecule has 0 radical (unpaired) electrons. The second kappa shape index (κ2) is 4.55. The van der Waals surface area contributed by atoms with E-state index >= 15 is 0 Å². The molecule has 96 valence electrons. The van der Waals surface area contributed by atoms with Crippen molar-refractivity contribution in [3.63, 3.8) is 0 Å². The molecule has 1 aromatic carbocycles. The van der Waals surface area contributed by atoms with Gasteiger partial charge in [-0.1, -0.05) is 31.2 Å². The third-order valence-corrected chi connectivity index (χ3v) is 4.12. The number of hydrogen-bond donors (Lipinski definition) is 1. The van der Waals surface area contributed by atoms with Crippen LogP contribution >= 0.6 is 0 Å². The van der Waals surface area contributed by atoms with E-state index in [4.69, 9.17) is 0 Å². The molecule has 0 amide bonds. The van der Waals surface area contributed by atoms with Gasteiger partial charge in [-0.2, -0.15) is 5.26 Å². The Hall–Kier alpha value is -2.08. The molecular weight excluding hydrogens is 234 g/mol. The highest BCUT2D eigenvalue weighted by Crippen LogP contribution is 2.42. The minimum Gasteiger partial charge on any atom is -0.341 e. The van der Waals surface area contributed by atoms with E-state index in [-0.39, 0.29) is 5.41 Å². The predicted molar refractivity (Wildman–Crippen MR) is 74.5 cm³/mol. The molecule has 0 atom stereocenters. The van der Waals surface area contributed by atoms with Gasteiger partial charge in [0, 0.05) is 0 Å². The highest BCUT2D eigenvalue weighted by atomic mass is 14.9. The average Bonchev–Trinajstić information content (AvgIpc) is 2.88. The standard InChI is InChI=1S/C16H17N3/c1-2-12-4-6-13(7-5-12)14-10-18-15(19-14)16(11-17)8-3-9-16/h4-7,10H,2-3,8-9H2,1H3,(H,18,19). The molecule has 0 spiro atoms. The van der Waals surface area contributed by atoms with Crippen molar-refractivity contribution in [1.29, 1.82) is 5.26 Å². The number of aromatic amines is 1. The molecule has 3 rings (SSSR count). The molecule has 2 aromatic rings. The molecule has 0 unspecified atom stereocenters. The van der Waals surface area contributed by atoms with Crippen LogP contribution in [0.4, 0.5) is 0 Å².